The molecular weight excluding hydrogens is 124 g/mol. The summed E-state index contributed by atoms with van der Waals surface area (Å²) in [7, 11) is 0. The first-order valence-corrected chi connectivity index (χ1v) is 0. The summed E-state index contributed by atoms with van der Waals surface area (Å²) < 4.78 is 0. The second kappa shape index (κ2) is 19.0. The van der Waals surface area contributed by atoms with Crippen molar-refractivity contribution in [2.45, 2.75) is 0 Å². The van der Waals surface area contributed by atoms with Gasteiger partial charge in [0.05, 0.1) is 0 Å². The van der Waals surface area contributed by atoms with E-state index in [4.69, 9.17) is 0 Å². The fraction of sp³-hybridized carbons (Fsp3) is 0. The van der Waals surface area contributed by atoms with Gasteiger partial charge < -0.3 is 1.43 Å². The van der Waals surface area contributed by atoms with Gasteiger partial charge in [-0.05, 0) is 0 Å². The van der Waals surface area contributed by atoms with Crippen molar-refractivity contribution in [3.63, 3.8) is 0 Å². The van der Waals surface area contributed by atoms with Crippen molar-refractivity contribution in [2.24, 2.45) is 0 Å². The van der Waals surface area contributed by atoms with E-state index in [1.807, 2.05) is 0 Å². The van der Waals surface area contributed by atoms with E-state index in [1.165, 1.54) is 0 Å². The van der Waals surface area contributed by atoms with Gasteiger partial charge in [0, 0.05) is 17.1 Å². The van der Waals surface area contributed by atoms with Crippen LogP contribution in [0.3, 0.4) is 0 Å². The Morgan fingerprint density at radius 2 is 1.00 bits per heavy atom. The van der Waals surface area contributed by atoms with E-state index in [0.717, 1.165) is 0 Å². The molecule has 25 valence electrons. The zero-order valence-electron chi connectivity index (χ0n) is 2.30. The summed E-state index contributed by atoms with van der Waals surface area (Å²) in [6, 6.07) is 0. The van der Waals surface area contributed by atoms with Crippen LogP contribution in [-0.4, -0.2) is 34.7 Å². The third-order valence-corrected chi connectivity index (χ3v) is 0. The Labute approximate surface area is 71.5 Å². The Bertz CT molecular complexity index is 9.61. The monoisotopic (exact) mass is 131 g/mol. The van der Waals surface area contributed by atoms with Gasteiger partial charge in [-0.25, -0.2) is 0 Å². The molecule has 0 aromatic rings. The summed E-state index contributed by atoms with van der Waals surface area (Å²) in [5, 5.41) is 0. The van der Waals surface area contributed by atoms with E-state index < -0.39 is 0 Å². The van der Waals surface area contributed by atoms with Gasteiger partial charge in [0.25, 0.3) is 0 Å². The molecule has 0 atom stereocenters. The van der Waals surface area contributed by atoms with Gasteiger partial charge in [0.1, 0.15) is 0 Å². The van der Waals surface area contributed by atoms with Crippen LogP contribution in [0, 0.1) is 0 Å². The maximum Gasteiger partial charge on any atom is 1.00 e. The average Bonchev–Trinajstić information content (AvgIpc) is 0. The predicted octanol–water partition coefficient (Wildman–Crippen LogP) is -5.25. The SMILES string of the molecule is [AlH3].[AlH3].[Cu].[H-].[Li+]. The molecule has 0 aromatic carbocycles. The van der Waals surface area contributed by atoms with Crippen molar-refractivity contribution < 1.29 is 37.4 Å². The molecule has 0 saturated carbocycles. The molecule has 0 bridgehead atoms. The second-order valence-corrected chi connectivity index (χ2v) is 0. The number of hydrogen-bond acceptors (Lipinski definition) is 0. The third kappa shape index (κ3) is 8.89. The molecule has 0 N–H and O–H groups in total. The zero-order valence-corrected chi connectivity index (χ0v) is 2.24. The molecule has 0 fully saturated rings. The summed E-state index contributed by atoms with van der Waals surface area (Å²) in [4.78, 5) is 0. The molecule has 0 rings (SSSR count). The van der Waals surface area contributed by atoms with Crippen LogP contribution in [0.2, 0.25) is 0 Å². The van der Waals surface area contributed by atoms with Crippen molar-refractivity contribution in [3.8, 4) is 0 Å². The Kier molecular flexibility index (Phi) is 166. The van der Waals surface area contributed by atoms with E-state index >= 15 is 0 Å². The van der Waals surface area contributed by atoms with Crippen molar-refractivity contribution >= 4 is 34.7 Å². The summed E-state index contributed by atoms with van der Waals surface area (Å²) >= 11 is 0. The first-order chi connectivity index (χ1) is 0. The molecule has 0 aliphatic rings. The first kappa shape index (κ1) is 34.9. The van der Waals surface area contributed by atoms with Gasteiger partial charge >= 0.3 is 18.9 Å². The Hall–Kier alpha value is 2.18. The van der Waals surface area contributed by atoms with E-state index in [9.17, 15) is 0 Å². The fourth-order valence-electron chi connectivity index (χ4n) is 0. The summed E-state index contributed by atoms with van der Waals surface area (Å²) in [5.41, 5.74) is 0. The maximum absolute atomic E-state index is 0. The molecule has 4 heavy (non-hydrogen) atoms. The summed E-state index contributed by atoms with van der Waals surface area (Å²) in [6.07, 6.45) is 0. The van der Waals surface area contributed by atoms with E-state index in [2.05, 4.69) is 0 Å². The van der Waals surface area contributed by atoms with Crippen LogP contribution in [0.25, 0.3) is 0 Å². The van der Waals surface area contributed by atoms with Crippen molar-refractivity contribution in [1.82, 2.24) is 0 Å². The molecule has 0 nitrogen and oxygen atoms in total. The number of hydrogen-bond donors (Lipinski definition) is 0. The zero-order chi connectivity index (χ0) is 0. The molecule has 0 aliphatic carbocycles. The smallest absolute Gasteiger partial charge is 1.00 e. The van der Waals surface area contributed by atoms with Gasteiger partial charge in [-0.3, -0.25) is 0 Å². The maximum atomic E-state index is 0. The van der Waals surface area contributed by atoms with Gasteiger partial charge in [0.15, 0.2) is 34.7 Å². The summed E-state index contributed by atoms with van der Waals surface area (Å²) in [6.45, 7) is 0. The van der Waals surface area contributed by atoms with Gasteiger partial charge in [0.2, 0.25) is 0 Å². The molecule has 0 unspecified atom stereocenters. The quantitative estimate of drug-likeness (QED) is 0.288. The number of rotatable bonds is 0. The van der Waals surface area contributed by atoms with Crippen LogP contribution in [0.1, 0.15) is 1.43 Å². The second-order valence-electron chi connectivity index (χ2n) is 0. The minimum Gasteiger partial charge on any atom is -1.00 e. The topological polar surface area (TPSA) is 0 Å². The predicted molar refractivity (Wildman–Crippen MR) is 21.0 cm³/mol. The van der Waals surface area contributed by atoms with Gasteiger partial charge in [-0.2, -0.15) is 0 Å². The van der Waals surface area contributed by atoms with Crippen molar-refractivity contribution in [2.75, 3.05) is 0 Å². The molecule has 1 radical (unpaired) electrons. The van der Waals surface area contributed by atoms with Crippen LogP contribution >= 0.6 is 0 Å². The van der Waals surface area contributed by atoms with Gasteiger partial charge in [-0.15, -0.1) is 0 Å². The molecule has 0 aliphatic heterocycles. The van der Waals surface area contributed by atoms with E-state index in [0.29, 0.717) is 0 Å². The third-order valence-electron chi connectivity index (χ3n) is 0. The minimum absolute atomic E-state index is 0. The van der Waals surface area contributed by atoms with Crippen LogP contribution in [0.15, 0.2) is 0 Å². The van der Waals surface area contributed by atoms with Crippen molar-refractivity contribution in [1.29, 1.82) is 0 Å². The Morgan fingerprint density at radius 3 is 1.00 bits per heavy atom. The minimum atomic E-state index is 0. The average molecular weight is 132 g/mol. The van der Waals surface area contributed by atoms with E-state index in [-0.39, 0.29) is 72.1 Å². The normalized spacial score (nSPS) is 0. The van der Waals surface area contributed by atoms with Crippen LogP contribution in [-0.2, 0) is 17.1 Å². The Morgan fingerprint density at radius 1 is 1.00 bits per heavy atom. The van der Waals surface area contributed by atoms with E-state index in [1.54, 1.807) is 0 Å². The fourth-order valence-corrected chi connectivity index (χ4v) is 0. The molecule has 0 spiro atoms. The molecule has 4 heteroatoms. The molecular formula is H7Al2CuLi. The molecule has 0 saturated heterocycles. The van der Waals surface area contributed by atoms with Crippen LogP contribution < -0.4 is 18.9 Å². The molecule has 0 heterocycles. The largest absolute Gasteiger partial charge is 1.00 e. The van der Waals surface area contributed by atoms with Crippen LogP contribution in [0.4, 0.5) is 0 Å². The van der Waals surface area contributed by atoms with Crippen LogP contribution in [0.5, 0.6) is 0 Å². The summed E-state index contributed by atoms with van der Waals surface area (Å²) in [5.74, 6) is 0. The molecule has 0 amide bonds. The first-order valence-electron chi connectivity index (χ1n) is 0. The Balaban J connectivity index is 0. The molecule has 0 aromatic heterocycles. The standard InChI is InChI=1S/2Al.Cu.Li.7H/q;;;+1;;;;;;;-1. The van der Waals surface area contributed by atoms with Gasteiger partial charge in [-0.1, -0.05) is 0 Å². The van der Waals surface area contributed by atoms with Crippen molar-refractivity contribution in [3.05, 3.63) is 0 Å².